The Labute approximate surface area is 73.8 Å². The molecule has 13 heavy (non-hydrogen) atoms. The molecule has 0 spiro atoms. The molecular weight excluding hydrogens is 175 g/mol. The molecule has 1 rings (SSSR count). The van der Waals surface area contributed by atoms with E-state index in [1.165, 1.54) is 0 Å². The zero-order chi connectivity index (χ0) is 9.84. The lowest BCUT2D eigenvalue weighted by atomic mass is 10.0. The van der Waals surface area contributed by atoms with Gasteiger partial charge in [0.25, 0.3) is 0 Å². The van der Waals surface area contributed by atoms with Gasteiger partial charge in [-0.25, -0.2) is 4.39 Å². The van der Waals surface area contributed by atoms with Gasteiger partial charge in [-0.15, -0.1) is 0 Å². The van der Waals surface area contributed by atoms with Gasteiger partial charge in [-0.05, 0) is 17.7 Å². The van der Waals surface area contributed by atoms with Gasteiger partial charge in [-0.3, -0.25) is 9.59 Å². The third kappa shape index (κ3) is 1.78. The number of aldehydes is 2. The maximum absolute atomic E-state index is 12.7. The summed E-state index contributed by atoms with van der Waals surface area (Å²) in [6.07, 6.45) is 0.809. The van der Waals surface area contributed by atoms with E-state index in [1.54, 1.807) is 0 Å². The second kappa shape index (κ2) is 3.91. The SMILES string of the molecule is O=Cc1cc(F)cc(C=O)c1CO. The molecule has 68 valence electrons. The molecule has 0 bridgehead atoms. The van der Waals surface area contributed by atoms with Crippen molar-refractivity contribution in [3.05, 3.63) is 34.6 Å². The van der Waals surface area contributed by atoms with E-state index in [0.29, 0.717) is 12.6 Å². The van der Waals surface area contributed by atoms with E-state index in [9.17, 15) is 14.0 Å². The highest BCUT2D eigenvalue weighted by molar-refractivity contribution is 5.85. The van der Waals surface area contributed by atoms with Crippen molar-refractivity contribution in [1.82, 2.24) is 0 Å². The molecule has 0 aromatic heterocycles. The van der Waals surface area contributed by atoms with Crippen LogP contribution in [0, 0.1) is 5.82 Å². The first-order chi connectivity index (χ1) is 6.22. The molecule has 0 unspecified atom stereocenters. The smallest absolute Gasteiger partial charge is 0.150 e. The summed E-state index contributed by atoms with van der Waals surface area (Å²) in [6.45, 7) is -0.456. The molecule has 0 radical (unpaired) electrons. The predicted molar refractivity (Wildman–Crippen MR) is 43.1 cm³/mol. The highest BCUT2D eigenvalue weighted by Crippen LogP contribution is 2.14. The first kappa shape index (κ1) is 9.54. The van der Waals surface area contributed by atoms with Crippen molar-refractivity contribution >= 4 is 12.6 Å². The molecule has 0 aliphatic carbocycles. The highest BCUT2D eigenvalue weighted by atomic mass is 19.1. The van der Waals surface area contributed by atoms with Crippen LogP contribution in [0.25, 0.3) is 0 Å². The summed E-state index contributed by atoms with van der Waals surface area (Å²) >= 11 is 0. The van der Waals surface area contributed by atoms with Gasteiger partial charge in [0.05, 0.1) is 6.61 Å². The van der Waals surface area contributed by atoms with Crippen molar-refractivity contribution in [2.24, 2.45) is 0 Å². The molecule has 1 N–H and O–H groups in total. The number of halogens is 1. The summed E-state index contributed by atoms with van der Waals surface area (Å²) in [6, 6.07) is 1.96. The van der Waals surface area contributed by atoms with E-state index in [0.717, 1.165) is 12.1 Å². The maximum Gasteiger partial charge on any atom is 0.150 e. The summed E-state index contributed by atoms with van der Waals surface area (Å²) in [7, 11) is 0. The third-order valence-electron chi connectivity index (χ3n) is 1.70. The fraction of sp³-hybridized carbons (Fsp3) is 0.111. The molecule has 0 amide bonds. The Kier molecular flexibility index (Phi) is 2.87. The van der Waals surface area contributed by atoms with Gasteiger partial charge in [0.2, 0.25) is 0 Å². The Morgan fingerprint density at radius 2 is 1.69 bits per heavy atom. The second-order valence-electron chi connectivity index (χ2n) is 2.46. The van der Waals surface area contributed by atoms with Crippen molar-refractivity contribution in [1.29, 1.82) is 0 Å². The van der Waals surface area contributed by atoms with Gasteiger partial charge in [-0.2, -0.15) is 0 Å². The molecular formula is C9H7FO3. The summed E-state index contributed by atoms with van der Waals surface area (Å²) in [5.41, 5.74) is 0.167. The quantitative estimate of drug-likeness (QED) is 0.708. The second-order valence-corrected chi connectivity index (χ2v) is 2.46. The molecule has 0 aliphatic heterocycles. The Morgan fingerprint density at radius 1 is 1.23 bits per heavy atom. The number of aliphatic hydroxyl groups is 1. The lowest BCUT2D eigenvalue weighted by molar-refractivity contribution is 0.111. The van der Waals surface area contributed by atoms with E-state index in [1.807, 2.05) is 0 Å². The van der Waals surface area contributed by atoms with Gasteiger partial charge >= 0.3 is 0 Å². The summed E-state index contributed by atoms with van der Waals surface area (Å²) in [4.78, 5) is 20.8. The summed E-state index contributed by atoms with van der Waals surface area (Å²) < 4.78 is 12.7. The first-order valence-corrected chi connectivity index (χ1v) is 3.56. The fourth-order valence-electron chi connectivity index (χ4n) is 1.07. The Bertz CT molecular complexity index is 318. The van der Waals surface area contributed by atoms with E-state index < -0.39 is 12.4 Å². The third-order valence-corrected chi connectivity index (χ3v) is 1.70. The van der Waals surface area contributed by atoms with Crippen LogP contribution in [0.4, 0.5) is 4.39 Å². The lowest BCUT2D eigenvalue weighted by Crippen LogP contribution is -2.00. The fourth-order valence-corrected chi connectivity index (χ4v) is 1.07. The van der Waals surface area contributed by atoms with Crippen molar-refractivity contribution in [2.75, 3.05) is 0 Å². The average molecular weight is 182 g/mol. The zero-order valence-corrected chi connectivity index (χ0v) is 6.66. The van der Waals surface area contributed by atoms with Gasteiger partial charge in [0.15, 0.2) is 12.6 Å². The van der Waals surface area contributed by atoms with Crippen molar-refractivity contribution < 1.29 is 19.1 Å². The van der Waals surface area contributed by atoms with Gasteiger partial charge < -0.3 is 5.11 Å². The molecule has 0 atom stereocenters. The summed E-state index contributed by atoms with van der Waals surface area (Å²) in [5, 5.41) is 8.81. The van der Waals surface area contributed by atoms with Crippen molar-refractivity contribution in [3.63, 3.8) is 0 Å². The number of aliphatic hydroxyl groups excluding tert-OH is 1. The average Bonchev–Trinajstić information content (AvgIpc) is 2.16. The van der Waals surface area contributed by atoms with Crippen LogP contribution < -0.4 is 0 Å². The Balaban J connectivity index is 3.41. The highest BCUT2D eigenvalue weighted by Gasteiger charge is 2.08. The van der Waals surface area contributed by atoms with E-state index in [2.05, 4.69) is 0 Å². The van der Waals surface area contributed by atoms with Crippen LogP contribution in [0.15, 0.2) is 12.1 Å². The van der Waals surface area contributed by atoms with Crippen LogP contribution in [0.1, 0.15) is 26.3 Å². The van der Waals surface area contributed by atoms with Crippen LogP contribution in [0.5, 0.6) is 0 Å². The zero-order valence-electron chi connectivity index (χ0n) is 6.66. The minimum Gasteiger partial charge on any atom is -0.392 e. The number of benzene rings is 1. The first-order valence-electron chi connectivity index (χ1n) is 3.56. The minimum atomic E-state index is -0.665. The van der Waals surface area contributed by atoms with E-state index in [4.69, 9.17) is 5.11 Å². The molecule has 0 saturated carbocycles. The van der Waals surface area contributed by atoms with Gasteiger partial charge in [0, 0.05) is 11.1 Å². The Hall–Kier alpha value is -1.55. The standard InChI is InChI=1S/C9H7FO3/c10-8-1-6(3-11)9(5-13)7(2-8)4-12/h1-4,13H,5H2. The predicted octanol–water partition coefficient (Wildman–Crippen LogP) is 0.943. The lowest BCUT2D eigenvalue weighted by Gasteiger charge is -2.03. The molecule has 0 saturated heterocycles. The number of carbonyl (C=O) groups is 2. The number of rotatable bonds is 3. The molecule has 3 nitrogen and oxygen atoms in total. The van der Waals surface area contributed by atoms with E-state index in [-0.39, 0.29) is 16.7 Å². The van der Waals surface area contributed by atoms with Crippen LogP contribution in [0.3, 0.4) is 0 Å². The monoisotopic (exact) mass is 182 g/mol. The number of carbonyl (C=O) groups excluding carboxylic acids is 2. The molecule has 0 heterocycles. The van der Waals surface area contributed by atoms with Gasteiger partial charge in [-0.1, -0.05) is 0 Å². The largest absolute Gasteiger partial charge is 0.392 e. The number of hydrogen-bond donors (Lipinski definition) is 1. The van der Waals surface area contributed by atoms with Crippen LogP contribution in [-0.4, -0.2) is 17.7 Å². The summed E-state index contributed by atoms with van der Waals surface area (Å²) in [5.74, 6) is -0.665. The topological polar surface area (TPSA) is 54.4 Å². The molecule has 4 heteroatoms. The maximum atomic E-state index is 12.7. The van der Waals surface area contributed by atoms with E-state index >= 15 is 0 Å². The van der Waals surface area contributed by atoms with Crippen LogP contribution >= 0.6 is 0 Å². The molecule has 1 aromatic carbocycles. The van der Waals surface area contributed by atoms with Gasteiger partial charge in [0.1, 0.15) is 5.82 Å². The van der Waals surface area contributed by atoms with Crippen molar-refractivity contribution in [2.45, 2.75) is 6.61 Å². The van der Waals surface area contributed by atoms with Crippen LogP contribution in [0.2, 0.25) is 0 Å². The number of hydrogen-bond acceptors (Lipinski definition) is 3. The van der Waals surface area contributed by atoms with Crippen LogP contribution in [-0.2, 0) is 6.61 Å². The normalized spacial score (nSPS) is 9.69. The molecule has 0 aliphatic rings. The minimum absolute atomic E-state index is 0.00426. The molecule has 1 aromatic rings. The Morgan fingerprint density at radius 3 is 2.00 bits per heavy atom. The molecule has 0 fully saturated rings. The van der Waals surface area contributed by atoms with Crippen molar-refractivity contribution in [3.8, 4) is 0 Å².